The maximum atomic E-state index is 12.7. The van der Waals surface area contributed by atoms with E-state index in [4.69, 9.17) is 4.74 Å². The Labute approximate surface area is 180 Å². The van der Waals surface area contributed by atoms with Crippen molar-refractivity contribution in [2.45, 2.75) is 12.8 Å². The molecule has 0 atom stereocenters. The van der Waals surface area contributed by atoms with Gasteiger partial charge in [-0.2, -0.15) is 22.0 Å². The number of carbonyl (C=O) groups excluding carboxylic acids is 1. The van der Waals surface area contributed by atoms with Crippen LogP contribution in [0.1, 0.15) is 11.1 Å². The predicted molar refractivity (Wildman–Crippen MR) is 107 cm³/mol. The minimum atomic E-state index is -4.45. The lowest BCUT2D eigenvalue weighted by molar-refractivity contribution is -0.137. The third-order valence-electron chi connectivity index (χ3n) is 4.83. The normalized spacial score (nSPS) is 14.8. The van der Waals surface area contributed by atoms with Crippen LogP contribution < -0.4 is 14.4 Å². The van der Waals surface area contributed by atoms with Crippen molar-refractivity contribution in [1.82, 2.24) is 9.88 Å². The fraction of sp³-hybridized carbons (Fsp3) is 0.333. The second kappa shape index (κ2) is 9.84. The number of hydrogen-bond acceptors (Lipinski definition) is 5. The van der Waals surface area contributed by atoms with E-state index in [1.807, 2.05) is 0 Å². The first-order chi connectivity index (χ1) is 15.2. The zero-order valence-electron chi connectivity index (χ0n) is 17.0. The molecule has 1 aromatic carbocycles. The highest BCUT2D eigenvalue weighted by molar-refractivity contribution is 5.92. The summed E-state index contributed by atoms with van der Waals surface area (Å²) in [7, 11) is 1.32. The fourth-order valence-corrected chi connectivity index (χ4v) is 3.20. The van der Waals surface area contributed by atoms with Crippen LogP contribution in [0.3, 0.4) is 0 Å². The van der Waals surface area contributed by atoms with Crippen molar-refractivity contribution in [3.8, 4) is 11.5 Å². The number of ether oxygens (including phenoxy) is 2. The van der Waals surface area contributed by atoms with Crippen LogP contribution >= 0.6 is 0 Å². The van der Waals surface area contributed by atoms with Crippen molar-refractivity contribution in [2.24, 2.45) is 0 Å². The van der Waals surface area contributed by atoms with Crippen molar-refractivity contribution in [3.05, 3.63) is 53.7 Å². The Morgan fingerprint density at radius 3 is 2.41 bits per heavy atom. The topological polar surface area (TPSA) is 54.9 Å². The highest BCUT2D eigenvalue weighted by Crippen LogP contribution is 2.33. The molecule has 2 heterocycles. The van der Waals surface area contributed by atoms with Gasteiger partial charge in [0.2, 0.25) is 5.91 Å². The molecular formula is C21H20F5N3O3. The molecule has 0 bridgehead atoms. The molecule has 1 aliphatic rings. The number of alkyl halides is 5. The van der Waals surface area contributed by atoms with Crippen LogP contribution in [0.25, 0.3) is 6.08 Å². The third kappa shape index (κ3) is 5.65. The summed E-state index contributed by atoms with van der Waals surface area (Å²) in [5.74, 6) is -0.00791. The molecule has 32 heavy (non-hydrogen) atoms. The molecule has 1 saturated heterocycles. The standard InChI is InChI=1S/C21H20F5N3O3/c1-31-16-4-2-3-14(19(16)32-20(22)23)5-8-18(30)29-11-9-28(10-12-29)17-7-6-15(13-27-17)21(24,25)26/h2-8,13,20H,9-12H2,1H3/b8-5+. The molecule has 172 valence electrons. The Hall–Kier alpha value is -3.37. The molecule has 0 spiro atoms. The summed E-state index contributed by atoms with van der Waals surface area (Å²) < 4.78 is 73.0. The molecular weight excluding hydrogens is 437 g/mol. The SMILES string of the molecule is COc1cccc(/C=C/C(=O)N2CCN(c3ccc(C(F)(F)F)cn3)CC2)c1OC(F)F. The summed E-state index contributed by atoms with van der Waals surface area (Å²) >= 11 is 0. The fourth-order valence-electron chi connectivity index (χ4n) is 3.20. The van der Waals surface area contributed by atoms with Crippen LogP contribution in [0, 0.1) is 0 Å². The minimum Gasteiger partial charge on any atom is -0.493 e. The largest absolute Gasteiger partial charge is 0.493 e. The Bertz CT molecular complexity index is 956. The molecule has 1 aliphatic heterocycles. The lowest BCUT2D eigenvalue weighted by Gasteiger charge is -2.35. The van der Waals surface area contributed by atoms with E-state index in [0.717, 1.165) is 12.3 Å². The molecule has 0 aliphatic carbocycles. The summed E-state index contributed by atoms with van der Waals surface area (Å²) in [5, 5.41) is 0. The average Bonchev–Trinajstić information content (AvgIpc) is 2.77. The number of hydrogen-bond donors (Lipinski definition) is 0. The maximum Gasteiger partial charge on any atom is 0.417 e. The van der Waals surface area contributed by atoms with Crippen molar-refractivity contribution in [3.63, 3.8) is 0 Å². The number of carbonyl (C=O) groups is 1. The quantitative estimate of drug-likeness (QED) is 0.484. The number of anilines is 1. The van der Waals surface area contributed by atoms with Gasteiger partial charge in [-0.05, 0) is 24.3 Å². The molecule has 6 nitrogen and oxygen atoms in total. The van der Waals surface area contributed by atoms with Crippen LogP contribution in [0.5, 0.6) is 11.5 Å². The molecule has 11 heteroatoms. The Morgan fingerprint density at radius 2 is 1.84 bits per heavy atom. The number of aromatic nitrogens is 1. The van der Waals surface area contributed by atoms with E-state index in [1.54, 1.807) is 15.9 Å². The van der Waals surface area contributed by atoms with Gasteiger partial charge in [0.25, 0.3) is 0 Å². The van der Waals surface area contributed by atoms with Gasteiger partial charge in [0.1, 0.15) is 5.82 Å². The average molecular weight is 457 g/mol. The van der Waals surface area contributed by atoms with Gasteiger partial charge in [-0.15, -0.1) is 0 Å². The maximum absolute atomic E-state index is 12.7. The van der Waals surface area contributed by atoms with Crippen molar-refractivity contribution in [2.75, 3.05) is 38.2 Å². The molecule has 1 fully saturated rings. The molecule has 2 aromatic rings. The van der Waals surface area contributed by atoms with E-state index in [9.17, 15) is 26.7 Å². The first kappa shape index (κ1) is 23.3. The summed E-state index contributed by atoms with van der Waals surface area (Å²) in [6.45, 7) is -1.64. The smallest absolute Gasteiger partial charge is 0.417 e. The van der Waals surface area contributed by atoms with Gasteiger partial charge in [-0.25, -0.2) is 4.98 Å². The van der Waals surface area contributed by atoms with Crippen LogP contribution in [-0.4, -0.2) is 55.7 Å². The molecule has 0 unspecified atom stereocenters. The van der Waals surface area contributed by atoms with Crippen LogP contribution in [0.15, 0.2) is 42.6 Å². The monoisotopic (exact) mass is 457 g/mol. The lowest BCUT2D eigenvalue weighted by atomic mass is 10.1. The van der Waals surface area contributed by atoms with Crippen LogP contribution in [0.2, 0.25) is 0 Å². The zero-order valence-corrected chi connectivity index (χ0v) is 17.0. The van der Waals surface area contributed by atoms with Crippen molar-refractivity contribution >= 4 is 17.8 Å². The van der Waals surface area contributed by atoms with Gasteiger partial charge >= 0.3 is 12.8 Å². The van der Waals surface area contributed by atoms with Gasteiger partial charge < -0.3 is 19.3 Å². The molecule has 0 radical (unpaired) electrons. The number of piperazine rings is 1. The highest BCUT2D eigenvalue weighted by atomic mass is 19.4. The number of pyridine rings is 1. The van der Waals surface area contributed by atoms with E-state index in [2.05, 4.69) is 9.72 Å². The summed E-state index contributed by atoms with van der Waals surface area (Å²) in [5.41, 5.74) is -0.571. The zero-order chi connectivity index (χ0) is 23.3. The van der Waals surface area contributed by atoms with E-state index in [0.29, 0.717) is 32.0 Å². The number of para-hydroxylation sites is 1. The van der Waals surface area contributed by atoms with Crippen molar-refractivity contribution < 1.29 is 36.2 Å². The molecule has 0 saturated carbocycles. The van der Waals surface area contributed by atoms with Crippen molar-refractivity contribution in [1.29, 1.82) is 0 Å². The molecule has 1 aromatic heterocycles. The van der Waals surface area contributed by atoms with E-state index < -0.39 is 18.4 Å². The summed E-state index contributed by atoms with van der Waals surface area (Å²) in [4.78, 5) is 19.7. The first-order valence-electron chi connectivity index (χ1n) is 9.56. The van der Waals surface area contributed by atoms with Gasteiger partial charge in [-0.3, -0.25) is 4.79 Å². The lowest BCUT2D eigenvalue weighted by Crippen LogP contribution is -2.48. The predicted octanol–water partition coefficient (Wildman–Crippen LogP) is 4.07. The minimum absolute atomic E-state index is 0.109. The summed E-state index contributed by atoms with van der Waals surface area (Å²) in [6, 6.07) is 6.82. The van der Waals surface area contributed by atoms with Gasteiger partial charge in [-0.1, -0.05) is 12.1 Å². The number of methoxy groups -OCH3 is 1. The third-order valence-corrected chi connectivity index (χ3v) is 4.83. The Balaban J connectivity index is 1.62. The number of halogens is 5. The number of nitrogens with zero attached hydrogens (tertiary/aromatic N) is 3. The van der Waals surface area contributed by atoms with Gasteiger partial charge in [0.05, 0.1) is 12.7 Å². The van der Waals surface area contributed by atoms with E-state index in [-0.39, 0.29) is 23.0 Å². The first-order valence-corrected chi connectivity index (χ1v) is 9.56. The van der Waals surface area contributed by atoms with Crippen LogP contribution in [0.4, 0.5) is 27.8 Å². The Morgan fingerprint density at radius 1 is 1.12 bits per heavy atom. The van der Waals surface area contributed by atoms with E-state index >= 15 is 0 Å². The molecule has 3 rings (SSSR count). The highest BCUT2D eigenvalue weighted by Gasteiger charge is 2.31. The van der Waals surface area contributed by atoms with E-state index in [1.165, 1.54) is 37.5 Å². The second-order valence-corrected chi connectivity index (χ2v) is 6.81. The number of rotatable bonds is 6. The summed E-state index contributed by atoms with van der Waals surface area (Å²) in [6.07, 6.45) is -1.06. The number of amides is 1. The van der Waals surface area contributed by atoms with Crippen LogP contribution in [-0.2, 0) is 11.0 Å². The Kier molecular flexibility index (Phi) is 7.16. The van der Waals surface area contributed by atoms with Gasteiger partial charge in [0, 0.05) is 44.0 Å². The van der Waals surface area contributed by atoms with Gasteiger partial charge in [0.15, 0.2) is 11.5 Å². The number of benzene rings is 1. The second-order valence-electron chi connectivity index (χ2n) is 6.81. The molecule has 0 N–H and O–H groups in total. The molecule has 1 amide bonds.